The van der Waals surface area contributed by atoms with Gasteiger partial charge in [0, 0.05) is 0 Å². The molecule has 0 saturated heterocycles. The quantitative estimate of drug-likeness (QED) is 0.633. The van der Waals surface area contributed by atoms with E-state index in [1.54, 1.807) is 11.8 Å². The Hall–Kier alpha value is -1.45. The van der Waals surface area contributed by atoms with Crippen LogP contribution in [0.3, 0.4) is 0 Å². The van der Waals surface area contributed by atoms with Gasteiger partial charge in [-0.3, -0.25) is 0 Å². The van der Waals surface area contributed by atoms with Crippen molar-refractivity contribution < 1.29 is 9.84 Å². The fraction of sp³-hybridized carbons (Fsp3) is 0.0769. The molecule has 2 nitrogen and oxygen atoms in total. The summed E-state index contributed by atoms with van der Waals surface area (Å²) >= 11 is 1.61. The predicted molar refractivity (Wildman–Crippen MR) is 61.5 cm³/mol. The van der Waals surface area contributed by atoms with Crippen LogP contribution in [0.5, 0.6) is 11.5 Å². The molecule has 3 heteroatoms. The Bertz CT molecular complexity index is 537. The Morgan fingerprint density at radius 3 is 2.69 bits per heavy atom. The van der Waals surface area contributed by atoms with Crippen LogP contribution in [0.4, 0.5) is 0 Å². The van der Waals surface area contributed by atoms with E-state index in [4.69, 9.17) is 4.74 Å². The molecular formula is C13H9O2S. The van der Waals surface area contributed by atoms with Crippen LogP contribution in [-0.4, -0.2) is 0 Å². The maximum absolute atomic E-state index is 11.0. The molecule has 0 amide bonds. The molecule has 0 bridgehead atoms. The molecule has 0 aliphatic carbocycles. The van der Waals surface area contributed by atoms with Crippen molar-refractivity contribution in [3.05, 3.63) is 48.0 Å². The van der Waals surface area contributed by atoms with Crippen molar-refractivity contribution in [3.63, 3.8) is 0 Å². The largest absolute Gasteiger partial charge is 0.455 e. The summed E-state index contributed by atoms with van der Waals surface area (Å²) < 4.78 is 5.76. The van der Waals surface area contributed by atoms with Gasteiger partial charge in [0.2, 0.25) is 0 Å². The third-order valence-electron chi connectivity index (χ3n) is 2.50. The summed E-state index contributed by atoms with van der Waals surface area (Å²) in [7, 11) is 0. The molecule has 79 valence electrons. The van der Waals surface area contributed by atoms with Crippen LogP contribution in [0.1, 0.15) is 5.56 Å². The minimum absolute atomic E-state index is 0.207. The minimum atomic E-state index is -0.207. The maximum Gasteiger partial charge on any atom is 0.141 e. The highest BCUT2D eigenvalue weighted by Crippen LogP contribution is 2.48. The summed E-state index contributed by atoms with van der Waals surface area (Å²) in [6.07, 6.45) is 0. The van der Waals surface area contributed by atoms with E-state index in [-0.39, 0.29) is 6.61 Å². The number of para-hydroxylation sites is 1. The van der Waals surface area contributed by atoms with E-state index in [2.05, 4.69) is 0 Å². The first-order valence-electron chi connectivity index (χ1n) is 5.03. The highest BCUT2D eigenvalue weighted by atomic mass is 32.2. The van der Waals surface area contributed by atoms with Gasteiger partial charge in [-0.1, -0.05) is 36.0 Å². The first-order chi connectivity index (χ1) is 7.88. The Kier molecular flexibility index (Phi) is 2.35. The fourth-order valence-corrected chi connectivity index (χ4v) is 2.76. The Balaban J connectivity index is 2.12. The molecule has 2 aromatic rings. The molecule has 3 rings (SSSR count). The van der Waals surface area contributed by atoms with Gasteiger partial charge in [-0.25, -0.2) is 5.11 Å². The van der Waals surface area contributed by atoms with Crippen molar-refractivity contribution in [2.75, 3.05) is 0 Å². The average Bonchev–Trinajstić information content (AvgIpc) is 2.35. The maximum atomic E-state index is 11.0. The zero-order valence-corrected chi connectivity index (χ0v) is 9.29. The van der Waals surface area contributed by atoms with Crippen LogP contribution in [0.2, 0.25) is 0 Å². The van der Waals surface area contributed by atoms with E-state index in [1.165, 1.54) is 0 Å². The zero-order chi connectivity index (χ0) is 11.0. The van der Waals surface area contributed by atoms with Crippen LogP contribution < -0.4 is 4.74 Å². The zero-order valence-electron chi connectivity index (χ0n) is 8.47. The lowest BCUT2D eigenvalue weighted by Crippen LogP contribution is -1.97. The van der Waals surface area contributed by atoms with Crippen LogP contribution >= 0.6 is 11.8 Å². The Morgan fingerprint density at radius 2 is 1.81 bits per heavy atom. The van der Waals surface area contributed by atoms with E-state index < -0.39 is 0 Å². The molecule has 0 N–H and O–H groups in total. The van der Waals surface area contributed by atoms with Crippen LogP contribution in [0.25, 0.3) is 0 Å². The van der Waals surface area contributed by atoms with Gasteiger partial charge in [0.15, 0.2) is 0 Å². The summed E-state index contributed by atoms with van der Waals surface area (Å²) in [5, 5.41) is 11.0. The first kappa shape index (κ1) is 9.75. The van der Waals surface area contributed by atoms with Gasteiger partial charge in [0.1, 0.15) is 18.1 Å². The Labute approximate surface area is 97.9 Å². The van der Waals surface area contributed by atoms with Gasteiger partial charge in [-0.05, 0) is 23.8 Å². The van der Waals surface area contributed by atoms with Gasteiger partial charge in [-0.2, -0.15) is 0 Å². The van der Waals surface area contributed by atoms with E-state index >= 15 is 0 Å². The molecule has 0 aromatic heterocycles. The van der Waals surface area contributed by atoms with Crippen molar-refractivity contribution in [3.8, 4) is 11.5 Å². The lowest BCUT2D eigenvalue weighted by Gasteiger charge is -2.20. The van der Waals surface area contributed by atoms with Crippen LogP contribution in [0, 0.1) is 0 Å². The van der Waals surface area contributed by atoms with Gasteiger partial charge in [0.05, 0.1) is 9.79 Å². The van der Waals surface area contributed by atoms with Crippen molar-refractivity contribution in [2.45, 2.75) is 16.4 Å². The third kappa shape index (κ3) is 1.49. The summed E-state index contributed by atoms with van der Waals surface area (Å²) in [5.74, 6) is 1.65. The molecule has 0 atom stereocenters. The molecule has 0 spiro atoms. The molecular weight excluding hydrogens is 220 g/mol. The minimum Gasteiger partial charge on any atom is -0.455 e. The van der Waals surface area contributed by atoms with Gasteiger partial charge >= 0.3 is 0 Å². The number of rotatable bonds is 1. The van der Waals surface area contributed by atoms with E-state index in [0.29, 0.717) is 0 Å². The molecule has 1 aliphatic rings. The summed E-state index contributed by atoms with van der Waals surface area (Å²) in [4.78, 5) is 2.02. The molecule has 16 heavy (non-hydrogen) atoms. The lowest BCUT2D eigenvalue weighted by atomic mass is 10.2. The van der Waals surface area contributed by atoms with Gasteiger partial charge in [0.25, 0.3) is 0 Å². The van der Waals surface area contributed by atoms with Gasteiger partial charge < -0.3 is 4.74 Å². The monoisotopic (exact) mass is 229 g/mol. The summed E-state index contributed by atoms with van der Waals surface area (Å²) in [6, 6.07) is 13.5. The third-order valence-corrected chi connectivity index (χ3v) is 3.72. The van der Waals surface area contributed by atoms with Crippen molar-refractivity contribution in [1.82, 2.24) is 0 Å². The molecule has 1 heterocycles. The van der Waals surface area contributed by atoms with Crippen LogP contribution in [-0.2, 0) is 11.7 Å². The molecule has 0 unspecified atom stereocenters. The summed E-state index contributed by atoms with van der Waals surface area (Å²) in [5.41, 5.74) is 0.803. The SMILES string of the molecule is [O]Cc1cccc2c1Sc1ccccc1O2. The smallest absolute Gasteiger partial charge is 0.141 e. The molecule has 2 aromatic carbocycles. The normalized spacial score (nSPS) is 12.6. The van der Waals surface area contributed by atoms with E-state index in [0.717, 1.165) is 26.9 Å². The number of fused-ring (bicyclic) bond motifs is 2. The standard InChI is InChI=1S/C13H9O2S/c14-8-9-4-3-6-11-13(9)16-12-7-2-1-5-10(12)15-11/h1-7H,8H2. The topological polar surface area (TPSA) is 29.1 Å². The lowest BCUT2D eigenvalue weighted by molar-refractivity contribution is 0.175. The summed E-state index contributed by atoms with van der Waals surface area (Å²) in [6.45, 7) is -0.207. The van der Waals surface area contributed by atoms with E-state index in [9.17, 15) is 5.11 Å². The second-order valence-electron chi connectivity index (χ2n) is 3.54. The highest BCUT2D eigenvalue weighted by Gasteiger charge is 2.19. The fourth-order valence-electron chi connectivity index (χ4n) is 1.72. The molecule has 1 radical (unpaired) electrons. The van der Waals surface area contributed by atoms with E-state index in [1.807, 2.05) is 42.5 Å². The van der Waals surface area contributed by atoms with Crippen molar-refractivity contribution in [2.24, 2.45) is 0 Å². The van der Waals surface area contributed by atoms with Gasteiger partial charge in [-0.15, -0.1) is 0 Å². The Morgan fingerprint density at radius 1 is 1.00 bits per heavy atom. The van der Waals surface area contributed by atoms with Crippen LogP contribution in [0.15, 0.2) is 52.3 Å². The average molecular weight is 229 g/mol. The molecule has 0 saturated carbocycles. The number of ether oxygens (including phenoxy) is 1. The predicted octanol–water partition coefficient (Wildman–Crippen LogP) is 3.87. The van der Waals surface area contributed by atoms with Crippen molar-refractivity contribution in [1.29, 1.82) is 0 Å². The number of hydrogen-bond donors (Lipinski definition) is 0. The number of benzene rings is 2. The first-order valence-corrected chi connectivity index (χ1v) is 5.85. The number of hydrogen-bond acceptors (Lipinski definition) is 2. The molecule has 0 fully saturated rings. The molecule has 1 aliphatic heterocycles. The highest BCUT2D eigenvalue weighted by molar-refractivity contribution is 7.99. The van der Waals surface area contributed by atoms with Crippen molar-refractivity contribution >= 4 is 11.8 Å². The second kappa shape index (κ2) is 3.85. The second-order valence-corrected chi connectivity index (χ2v) is 4.59.